The standard InChI is InChI=1S/C21H18ClN3O2S/c22-20-8-2-1-5-16(20)12-25-13-17(11-23-25)21(26)24(14-18-6-3-9-27-18)15-19-7-4-10-28-19/h1-11,13H,12,14-15H2. The molecule has 1 amide bonds. The molecule has 4 rings (SSSR count). The van der Waals surface area contributed by atoms with Crippen LogP contribution in [-0.4, -0.2) is 20.6 Å². The van der Waals surface area contributed by atoms with E-state index in [0.717, 1.165) is 16.2 Å². The van der Waals surface area contributed by atoms with Crippen LogP contribution in [-0.2, 0) is 19.6 Å². The van der Waals surface area contributed by atoms with Crippen LogP contribution >= 0.6 is 22.9 Å². The Morgan fingerprint density at radius 2 is 2.04 bits per heavy atom. The van der Waals surface area contributed by atoms with Crippen molar-refractivity contribution >= 4 is 28.8 Å². The number of furan rings is 1. The van der Waals surface area contributed by atoms with E-state index in [1.54, 1.807) is 39.6 Å². The lowest BCUT2D eigenvalue weighted by Gasteiger charge is -2.20. The fourth-order valence-corrected chi connectivity index (χ4v) is 3.84. The normalized spacial score (nSPS) is 10.9. The summed E-state index contributed by atoms with van der Waals surface area (Å²) >= 11 is 7.85. The molecule has 0 radical (unpaired) electrons. The van der Waals surface area contributed by atoms with E-state index >= 15 is 0 Å². The molecule has 0 bridgehead atoms. The number of carbonyl (C=O) groups is 1. The van der Waals surface area contributed by atoms with Gasteiger partial charge in [-0.05, 0) is 35.2 Å². The fraction of sp³-hybridized carbons (Fsp3) is 0.143. The van der Waals surface area contributed by atoms with Gasteiger partial charge >= 0.3 is 0 Å². The number of aromatic nitrogens is 2. The minimum Gasteiger partial charge on any atom is -0.467 e. The molecule has 0 atom stereocenters. The predicted octanol–water partition coefficient (Wildman–Crippen LogP) is 5.08. The third-order valence-corrected chi connectivity index (χ3v) is 5.54. The molecule has 7 heteroatoms. The summed E-state index contributed by atoms with van der Waals surface area (Å²) in [4.78, 5) is 16.0. The van der Waals surface area contributed by atoms with E-state index in [0.29, 0.717) is 30.2 Å². The van der Waals surface area contributed by atoms with Crippen LogP contribution in [0.25, 0.3) is 0 Å². The van der Waals surface area contributed by atoms with E-state index in [-0.39, 0.29) is 5.91 Å². The summed E-state index contributed by atoms with van der Waals surface area (Å²) in [5.41, 5.74) is 1.49. The summed E-state index contributed by atoms with van der Waals surface area (Å²) < 4.78 is 7.17. The molecule has 4 aromatic rings. The van der Waals surface area contributed by atoms with Crippen LogP contribution in [0.1, 0.15) is 26.6 Å². The van der Waals surface area contributed by atoms with E-state index in [4.69, 9.17) is 16.0 Å². The molecule has 0 aliphatic rings. The van der Waals surface area contributed by atoms with Crippen molar-refractivity contribution in [2.24, 2.45) is 0 Å². The maximum atomic E-state index is 13.1. The highest BCUT2D eigenvalue weighted by atomic mass is 35.5. The maximum absolute atomic E-state index is 13.1. The van der Waals surface area contributed by atoms with Gasteiger partial charge in [0, 0.05) is 16.1 Å². The Morgan fingerprint density at radius 3 is 2.79 bits per heavy atom. The molecular weight excluding hydrogens is 394 g/mol. The van der Waals surface area contributed by atoms with Crippen LogP contribution < -0.4 is 0 Å². The molecule has 3 heterocycles. The molecular formula is C21H18ClN3O2S. The Labute approximate surface area is 171 Å². The van der Waals surface area contributed by atoms with Gasteiger partial charge in [-0.3, -0.25) is 9.48 Å². The topological polar surface area (TPSA) is 51.3 Å². The van der Waals surface area contributed by atoms with Gasteiger partial charge in [0.2, 0.25) is 0 Å². The summed E-state index contributed by atoms with van der Waals surface area (Å²) in [7, 11) is 0. The molecule has 28 heavy (non-hydrogen) atoms. The first-order valence-corrected chi connectivity index (χ1v) is 10.0. The van der Waals surface area contributed by atoms with E-state index in [9.17, 15) is 4.79 Å². The molecule has 0 unspecified atom stereocenters. The third kappa shape index (κ3) is 4.35. The highest BCUT2D eigenvalue weighted by Crippen LogP contribution is 2.19. The van der Waals surface area contributed by atoms with Gasteiger partial charge in [0.05, 0.1) is 37.7 Å². The van der Waals surface area contributed by atoms with Crippen LogP contribution in [0.3, 0.4) is 0 Å². The smallest absolute Gasteiger partial charge is 0.257 e. The van der Waals surface area contributed by atoms with Gasteiger partial charge in [0.25, 0.3) is 5.91 Å². The van der Waals surface area contributed by atoms with Crippen molar-refractivity contribution in [3.63, 3.8) is 0 Å². The highest BCUT2D eigenvalue weighted by Gasteiger charge is 2.20. The average Bonchev–Trinajstić information content (AvgIpc) is 3.45. The van der Waals surface area contributed by atoms with Crippen LogP contribution in [0, 0.1) is 0 Å². The lowest BCUT2D eigenvalue weighted by Crippen LogP contribution is -2.29. The monoisotopic (exact) mass is 411 g/mol. The first kappa shape index (κ1) is 18.5. The number of hydrogen-bond acceptors (Lipinski definition) is 4. The number of rotatable bonds is 7. The van der Waals surface area contributed by atoms with Crippen LogP contribution in [0.2, 0.25) is 5.02 Å². The Kier molecular flexibility index (Phi) is 5.60. The number of carbonyl (C=O) groups excluding carboxylic acids is 1. The molecule has 0 fully saturated rings. The molecule has 0 saturated heterocycles. The van der Waals surface area contributed by atoms with E-state index in [2.05, 4.69) is 5.10 Å². The van der Waals surface area contributed by atoms with Crippen LogP contribution in [0.5, 0.6) is 0 Å². The third-order valence-electron chi connectivity index (χ3n) is 4.31. The van der Waals surface area contributed by atoms with Crippen molar-refractivity contribution in [2.75, 3.05) is 0 Å². The second-order valence-electron chi connectivity index (χ2n) is 6.34. The number of nitrogens with zero attached hydrogens (tertiary/aromatic N) is 3. The largest absolute Gasteiger partial charge is 0.467 e. The number of hydrogen-bond donors (Lipinski definition) is 0. The summed E-state index contributed by atoms with van der Waals surface area (Å²) in [6.07, 6.45) is 4.97. The molecule has 5 nitrogen and oxygen atoms in total. The van der Waals surface area contributed by atoms with E-state index in [1.807, 2.05) is 53.9 Å². The lowest BCUT2D eigenvalue weighted by atomic mass is 10.2. The Balaban J connectivity index is 1.53. The number of benzene rings is 1. The van der Waals surface area contributed by atoms with Crippen molar-refractivity contribution in [2.45, 2.75) is 19.6 Å². The number of thiophene rings is 1. The average molecular weight is 412 g/mol. The zero-order valence-corrected chi connectivity index (χ0v) is 16.6. The van der Waals surface area contributed by atoms with Crippen LogP contribution in [0.4, 0.5) is 0 Å². The Bertz CT molecular complexity index is 1010. The van der Waals surface area contributed by atoms with Crippen molar-refractivity contribution in [1.82, 2.24) is 14.7 Å². The van der Waals surface area contributed by atoms with Crippen molar-refractivity contribution < 1.29 is 9.21 Å². The lowest BCUT2D eigenvalue weighted by molar-refractivity contribution is 0.0719. The highest BCUT2D eigenvalue weighted by molar-refractivity contribution is 7.09. The first-order chi connectivity index (χ1) is 13.7. The Morgan fingerprint density at radius 1 is 1.14 bits per heavy atom. The number of halogens is 1. The summed E-state index contributed by atoms with van der Waals surface area (Å²) in [5.74, 6) is 0.656. The molecule has 0 N–H and O–H groups in total. The zero-order chi connectivity index (χ0) is 19.3. The quantitative estimate of drug-likeness (QED) is 0.426. The van der Waals surface area contributed by atoms with Crippen LogP contribution in [0.15, 0.2) is 77.0 Å². The Hall–Kier alpha value is -2.83. The van der Waals surface area contributed by atoms with Crippen molar-refractivity contribution in [3.05, 3.63) is 99.4 Å². The van der Waals surface area contributed by atoms with Gasteiger partial charge in [-0.1, -0.05) is 35.9 Å². The van der Waals surface area contributed by atoms with Crippen molar-refractivity contribution in [1.29, 1.82) is 0 Å². The molecule has 142 valence electrons. The molecule has 0 spiro atoms. The second-order valence-corrected chi connectivity index (χ2v) is 7.78. The summed E-state index contributed by atoms with van der Waals surface area (Å²) in [6, 6.07) is 15.3. The zero-order valence-electron chi connectivity index (χ0n) is 15.0. The van der Waals surface area contributed by atoms with Crippen molar-refractivity contribution in [3.8, 4) is 0 Å². The molecule has 3 aromatic heterocycles. The van der Waals surface area contributed by atoms with Gasteiger partial charge in [0.1, 0.15) is 5.76 Å². The molecule has 0 saturated carbocycles. The SMILES string of the molecule is O=C(c1cnn(Cc2ccccc2Cl)c1)N(Cc1ccco1)Cc1cccs1. The fourth-order valence-electron chi connectivity index (χ4n) is 2.93. The second kappa shape index (κ2) is 8.46. The molecule has 0 aliphatic carbocycles. The summed E-state index contributed by atoms with van der Waals surface area (Å²) in [6.45, 7) is 1.43. The van der Waals surface area contributed by atoms with E-state index < -0.39 is 0 Å². The first-order valence-electron chi connectivity index (χ1n) is 8.79. The predicted molar refractivity (Wildman–Crippen MR) is 109 cm³/mol. The van der Waals surface area contributed by atoms with Gasteiger partial charge < -0.3 is 9.32 Å². The molecule has 0 aliphatic heterocycles. The van der Waals surface area contributed by atoms with Gasteiger partial charge in [-0.25, -0.2) is 0 Å². The van der Waals surface area contributed by atoms with Gasteiger partial charge in [0.15, 0.2) is 0 Å². The van der Waals surface area contributed by atoms with Gasteiger partial charge in [-0.15, -0.1) is 11.3 Å². The maximum Gasteiger partial charge on any atom is 0.257 e. The number of amides is 1. The minimum atomic E-state index is -0.0878. The van der Waals surface area contributed by atoms with Gasteiger partial charge in [-0.2, -0.15) is 5.10 Å². The van der Waals surface area contributed by atoms with E-state index in [1.165, 1.54) is 0 Å². The minimum absolute atomic E-state index is 0.0878. The summed E-state index contributed by atoms with van der Waals surface area (Å²) in [5, 5.41) is 7.03. The molecule has 1 aromatic carbocycles.